The van der Waals surface area contributed by atoms with Gasteiger partial charge in [0.1, 0.15) is 0 Å². The molecule has 1 aliphatic heterocycles. The quantitative estimate of drug-likeness (QED) is 0.654. The normalized spacial score (nSPS) is 24.8. The Morgan fingerprint density at radius 3 is 2.55 bits per heavy atom. The van der Waals surface area contributed by atoms with Crippen LogP contribution in [0.2, 0.25) is 0 Å². The van der Waals surface area contributed by atoms with Crippen LogP contribution in [0.1, 0.15) is 24.7 Å². The van der Waals surface area contributed by atoms with E-state index < -0.39 is 0 Å². The van der Waals surface area contributed by atoms with Crippen LogP contribution >= 0.6 is 0 Å². The minimum absolute atomic E-state index is 0. The summed E-state index contributed by atoms with van der Waals surface area (Å²) in [5.41, 5.74) is 1.10. The number of likely N-dealkylation sites (tertiary alicyclic amines) is 1. The molecule has 22 heavy (non-hydrogen) atoms. The van der Waals surface area contributed by atoms with Gasteiger partial charge in [0.05, 0.1) is 5.41 Å². The number of hydrogen-bond acceptors (Lipinski definition) is 5. The second-order valence-electron chi connectivity index (χ2n) is 5.30. The van der Waals surface area contributed by atoms with Gasteiger partial charge in [0.2, 0.25) is 0 Å². The average molecular weight is 471 g/mol. The Labute approximate surface area is 145 Å². The van der Waals surface area contributed by atoms with E-state index in [1.165, 1.54) is 5.56 Å². The molecule has 0 aliphatic carbocycles. The van der Waals surface area contributed by atoms with Crippen molar-refractivity contribution in [3.8, 4) is 0 Å². The van der Waals surface area contributed by atoms with Crippen LogP contribution < -0.4 is 0 Å². The molecule has 1 aromatic carbocycles. The Bertz CT molecular complexity index is 536. The standard InChI is InChI=1S/C14H18N5.CH3O.W/c1-11-10-19(2)9-8-14(11,13-15-17-18-16-13)12-6-4-3-5-7-12;1-2;/h3-7,11H,2,8-10H2,1H3,(H,15,16,17,18);2H,1H2;/q2*-1;+2. The van der Waals surface area contributed by atoms with E-state index in [1.807, 2.05) is 6.07 Å². The summed E-state index contributed by atoms with van der Waals surface area (Å²) in [7, 11) is 6.31. The third-order valence-corrected chi connectivity index (χ3v) is 4.23. The van der Waals surface area contributed by atoms with Crippen molar-refractivity contribution >= 4 is 0 Å². The number of hydrogen-bond donors (Lipinski definition) is 2. The molecule has 0 spiro atoms. The second-order valence-corrected chi connectivity index (χ2v) is 5.30. The van der Waals surface area contributed by atoms with Crippen molar-refractivity contribution in [2.24, 2.45) is 5.92 Å². The molecule has 2 atom stereocenters. The molecule has 2 aromatic rings. The van der Waals surface area contributed by atoms with Gasteiger partial charge in [-0.05, 0) is 31.0 Å². The summed E-state index contributed by atoms with van der Waals surface area (Å²) in [5.74, 6) is 1.18. The number of H-pyrrole nitrogens is 1. The number of tetrazole rings is 1. The molecular formula is C15H21N5OW. The summed E-state index contributed by atoms with van der Waals surface area (Å²) in [6, 6.07) is 10.5. The van der Waals surface area contributed by atoms with E-state index in [4.69, 9.17) is 5.11 Å². The van der Waals surface area contributed by atoms with E-state index in [2.05, 4.69) is 70.9 Å². The average Bonchev–Trinajstić information content (AvgIpc) is 3.05. The van der Waals surface area contributed by atoms with Crippen molar-refractivity contribution in [3.05, 3.63) is 55.9 Å². The first kappa shape index (κ1) is 18.9. The predicted molar refractivity (Wildman–Crippen MR) is 79.4 cm³/mol. The number of rotatable bonds is 2. The van der Waals surface area contributed by atoms with Crippen LogP contribution in [0.3, 0.4) is 0 Å². The van der Waals surface area contributed by atoms with Crippen LogP contribution in [-0.4, -0.2) is 43.7 Å². The predicted octanol–water partition coefficient (Wildman–Crippen LogP) is 1.77. The molecular weight excluding hydrogens is 450 g/mol. The van der Waals surface area contributed by atoms with E-state index >= 15 is 0 Å². The fourth-order valence-corrected chi connectivity index (χ4v) is 3.19. The molecule has 0 amide bonds. The third kappa shape index (κ3) is 3.45. The monoisotopic (exact) mass is 471 g/mol. The molecule has 2 unspecified atom stereocenters. The van der Waals surface area contributed by atoms with Crippen LogP contribution in [0.25, 0.3) is 0 Å². The Hall–Kier alpha value is -1.10. The molecule has 3 rings (SSSR count). The maximum Gasteiger partial charge on any atom is 2.00 e. The van der Waals surface area contributed by atoms with Crippen LogP contribution in [0.15, 0.2) is 30.3 Å². The zero-order chi connectivity index (χ0) is 15.3. The molecule has 1 aromatic heterocycles. The first-order valence-electron chi connectivity index (χ1n) is 6.90. The van der Waals surface area contributed by atoms with E-state index in [1.54, 1.807) is 0 Å². The summed E-state index contributed by atoms with van der Waals surface area (Å²) in [5, 5.41) is 21.7. The van der Waals surface area contributed by atoms with Crippen molar-refractivity contribution in [2.45, 2.75) is 18.8 Å². The van der Waals surface area contributed by atoms with Gasteiger partial charge in [-0.1, -0.05) is 42.5 Å². The van der Waals surface area contributed by atoms with Gasteiger partial charge in [-0.15, -0.1) is 10.2 Å². The maximum absolute atomic E-state index is 6.75. The minimum atomic E-state index is -0.164. The van der Waals surface area contributed by atoms with Crippen molar-refractivity contribution in [1.29, 1.82) is 0 Å². The number of aliphatic hydroxyl groups excluding tert-OH is 1. The first-order valence-corrected chi connectivity index (χ1v) is 6.90. The zero-order valence-electron chi connectivity index (χ0n) is 12.6. The molecule has 0 radical (unpaired) electrons. The van der Waals surface area contributed by atoms with Gasteiger partial charge in [-0.25, -0.2) is 7.11 Å². The van der Waals surface area contributed by atoms with E-state index in [0.29, 0.717) is 5.92 Å². The van der Waals surface area contributed by atoms with Crippen LogP contribution in [0.5, 0.6) is 0 Å². The summed E-state index contributed by atoms with van der Waals surface area (Å²) < 4.78 is 0. The SMILES string of the molecule is [CH2-]N1CCC(c2ccccc2)(c2nn[nH]n2)C(C)C1.[CH2-]O.[W+2]. The first-order chi connectivity index (χ1) is 10.2. The molecule has 7 heteroatoms. The number of aromatic nitrogens is 4. The number of piperidine rings is 1. The van der Waals surface area contributed by atoms with Gasteiger partial charge in [0, 0.05) is 0 Å². The van der Waals surface area contributed by atoms with Gasteiger partial charge >= 0.3 is 21.1 Å². The Morgan fingerprint density at radius 1 is 1.32 bits per heavy atom. The molecule has 1 fully saturated rings. The topological polar surface area (TPSA) is 77.9 Å². The number of aromatic amines is 1. The molecule has 6 nitrogen and oxygen atoms in total. The maximum atomic E-state index is 6.75. The van der Waals surface area contributed by atoms with Crippen molar-refractivity contribution < 1.29 is 26.2 Å². The molecule has 2 N–H and O–H groups in total. The fourth-order valence-electron chi connectivity index (χ4n) is 3.19. The van der Waals surface area contributed by atoms with Gasteiger partial charge in [0.15, 0.2) is 5.82 Å². The molecule has 1 saturated heterocycles. The molecule has 0 bridgehead atoms. The van der Waals surface area contributed by atoms with E-state index in [0.717, 1.165) is 25.3 Å². The largest absolute Gasteiger partial charge is 2.00 e. The van der Waals surface area contributed by atoms with Crippen molar-refractivity contribution in [1.82, 2.24) is 25.5 Å². The van der Waals surface area contributed by atoms with Gasteiger partial charge < -0.3 is 10.0 Å². The summed E-state index contributed by atoms with van der Waals surface area (Å²) in [4.78, 5) is 2.12. The number of benzene rings is 1. The van der Waals surface area contributed by atoms with Crippen LogP contribution in [-0.2, 0) is 26.5 Å². The smallest absolute Gasteiger partial charge is 0.569 e. The summed E-state index contributed by atoms with van der Waals surface area (Å²) in [6.45, 7) is 4.11. The van der Waals surface area contributed by atoms with E-state index in [-0.39, 0.29) is 26.5 Å². The van der Waals surface area contributed by atoms with Gasteiger partial charge in [-0.2, -0.15) is 5.21 Å². The van der Waals surface area contributed by atoms with Gasteiger partial charge in [0.25, 0.3) is 0 Å². The number of aliphatic hydroxyl groups is 1. The number of nitrogens with zero attached hydrogens (tertiary/aromatic N) is 4. The van der Waals surface area contributed by atoms with E-state index in [9.17, 15) is 0 Å². The Balaban J connectivity index is 0.000000775. The van der Waals surface area contributed by atoms with Crippen LogP contribution in [0.4, 0.5) is 0 Å². The molecule has 2 heterocycles. The molecule has 1 aliphatic rings. The fraction of sp³-hybridized carbons (Fsp3) is 0.400. The van der Waals surface area contributed by atoms with Crippen molar-refractivity contribution in [3.63, 3.8) is 0 Å². The summed E-state index contributed by atoms with van der Waals surface area (Å²) >= 11 is 0. The number of nitrogens with one attached hydrogen (secondary N) is 1. The second kappa shape index (κ2) is 8.51. The molecule has 0 saturated carbocycles. The Kier molecular flexibility index (Phi) is 7.33. The Morgan fingerprint density at radius 2 is 2.00 bits per heavy atom. The van der Waals surface area contributed by atoms with Crippen molar-refractivity contribution in [2.75, 3.05) is 13.1 Å². The minimum Gasteiger partial charge on any atom is -0.569 e. The zero-order valence-corrected chi connectivity index (χ0v) is 15.6. The third-order valence-electron chi connectivity index (χ3n) is 4.23. The van der Waals surface area contributed by atoms with Gasteiger partial charge in [-0.3, -0.25) is 7.05 Å². The molecule has 118 valence electrons. The summed E-state index contributed by atoms with van der Waals surface area (Å²) in [6.07, 6.45) is 0.960. The van der Waals surface area contributed by atoms with Crippen LogP contribution in [0, 0.1) is 20.1 Å².